The Morgan fingerprint density at radius 3 is 1.96 bits per heavy atom. The number of aryl methyl sites for hydroxylation is 1. The minimum absolute atomic E-state index is 0.189. The molecule has 0 amide bonds. The minimum Gasteiger partial charge on any atom is -0.473 e. The van der Waals surface area contributed by atoms with Crippen molar-refractivity contribution in [3.05, 3.63) is 29.8 Å². The summed E-state index contributed by atoms with van der Waals surface area (Å²) in [4.78, 5) is 22.9. The van der Waals surface area contributed by atoms with Gasteiger partial charge in [-0.2, -0.15) is 0 Å². The van der Waals surface area contributed by atoms with Crippen molar-refractivity contribution < 1.29 is 29.6 Å². The number of piperazine rings is 1. The smallest absolute Gasteiger partial charge is 0.414 e. The molecule has 1 heterocycles. The maximum Gasteiger partial charge on any atom is 0.414 e. The molecule has 8 heteroatoms. The highest BCUT2D eigenvalue weighted by Gasteiger charge is 2.20. The molecule has 1 aromatic rings. The SMILES string of the molecule is Cc1ccc(N2CCN(CC(O)COC(C)(C)C)CC2)cc1.O=C(O)C(=O)O. The van der Waals surface area contributed by atoms with Crippen molar-refractivity contribution in [2.75, 3.05) is 44.2 Å². The van der Waals surface area contributed by atoms with Crippen molar-refractivity contribution in [2.24, 2.45) is 0 Å². The van der Waals surface area contributed by atoms with Gasteiger partial charge in [0.1, 0.15) is 0 Å². The van der Waals surface area contributed by atoms with Crippen LogP contribution in [0.4, 0.5) is 5.69 Å². The van der Waals surface area contributed by atoms with E-state index in [0.717, 1.165) is 26.2 Å². The van der Waals surface area contributed by atoms with Gasteiger partial charge in [0.15, 0.2) is 0 Å². The molecule has 0 aromatic heterocycles. The van der Waals surface area contributed by atoms with Gasteiger partial charge in [0.2, 0.25) is 0 Å². The number of nitrogens with zero attached hydrogens (tertiary/aromatic N) is 2. The fourth-order valence-electron chi connectivity index (χ4n) is 2.64. The van der Waals surface area contributed by atoms with Crippen molar-refractivity contribution >= 4 is 17.6 Å². The summed E-state index contributed by atoms with van der Waals surface area (Å²) >= 11 is 0. The molecule has 0 radical (unpaired) electrons. The first-order valence-corrected chi connectivity index (χ1v) is 9.30. The van der Waals surface area contributed by atoms with E-state index in [0.29, 0.717) is 13.2 Å². The Balaban J connectivity index is 0.000000568. The zero-order valence-corrected chi connectivity index (χ0v) is 17.1. The standard InChI is InChI=1S/C18H30N2O2.C2H2O4/c1-15-5-7-16(8-6-15)20-11-9-19(10-12-20)13-17(21)14-22-18(2,3)4;3-1(4)2(5)6/h5-8,17,21H,9-14H2,1-4H3;(H,3,4)(H,5,6). The Bertz CT molecular complexity index is 607. The lowest BCUT2D eigenvalue weighted by atomic mass is 10.2. The van der Waals surface area contributed by atoms with Crippen LogP contribution >= 0.6 is 0 Å². The van der Waals surface area contributed by atoms with Gasteiger partial charge in [-0.05, 0) is 39.8 Å². The molecule has 1 aliphatic rings. The lowest BCUT2D eigenvalue weighted by molar-refractivity contribution is -0.159. The van der Waals surface area contributed by atoms with E-state index in [1.165, 1.54) is 11.3 Å². The van der Waals surface area contributed by atoms with Crippen LogP contribution in [0.25, 0.3) is 0 Å². The number of β-amino-alcohol motifs (C(OH)–C–C–N with tert-alkyl or cyclic N) is 1. The van der Waals surface area contributed by atoms with Crippen molar-refractivity contribution in [2.45, 2.75) is 39.4 Å². The van der Waals surface area contributed by atoms with Crippen molar-refractivity contribution in [1.29, 1.82) is 0 Å². The van der Waals surface area contributed by atoms with Crippen LogP contribution in [-0.2, 0) is 14.3 Å². The summed E-state index contributed by atoms with van der Waals surface area (Å²) in [6.45, 7) is 13.2. The van der Waals surface area contributed by atoms with Gasteiger partial charge >= 0.3 is 11.9 Å². The van der Waals surface area contributed by atoms with Crippen LogP contribution in [0.2, 0.25) is 0 Å². The first-order chi connectivity index (χ1) is 13.0. The van der Waals surface area contributed by atoms with Gasteiger partial charge in [-0.1, -0.05) is 17.7 Å². The maximum atomic E-state index is 10.1. The molecular formula is C20H32N2O6. The molecule has 8 nitrogen and oxygen atoms in total. The monoisotopic (exact) mass is 396 g/mol. The molecule has 3 N–H and O–H groups in total. The Morgan fingerprint density at radius 1 is 1.04 bits per heavy atom. The summed E-state index contributed by atoms with van der Waals surface area (Å²) < 4.78 is 5.65. The summed E-state index contributed by atoms with van der Waals surface area (Å²) in [5.74, 6) is -3.65. The quantitative estimate of drug-likeness (QED) is 0.642. The van der Waals surface area contributed by atoms with E-state index in [4.69, 9.17) is 24.5 Å². The number of carbonyl (C=O) groups is 2. The third kappa shape index (κ3) is 9.68. The molecule has 1 saturated heterocycles. The maximum absolute atomic E-state index is 10.1. The van der Waals surface area contributed by atoms with E-state index in [9.17, 15) is 5.11 Å². The largest absolute Gasteiger partial charge is 0.473 e. The van der Waals surface area contributed by atoms with Gasteiger partial charge in [-0.3, -0.25) is 4.90 Å². The highest BCUT2D eigenvalue weighted by Crippen LogP contribution is 2.17. The van der Waals surface area contributed by atoms with Gasteiger partial charge in [-0.25, -0.2) is 9.59 Å². The molecule has 2 rings (SSSR count). The topological polar surface area (TPSA) is 111 Å². The Hall–Kier alpha value is -2.16. The van der Waals surface area contributed by atoms with E-state index >= 15 is 0 Å². The van der Waals surface area contributed by atoms with Crippen molar-refractivity contribution in [3.63, 3.8) is 0 Å². The van der Waals surface area contributed by atoms with Crippen molar-refractivity contribution in [3.8, 4) is 0 Å². The number of carboxylic acid groups (broad SMARTS) is 2. The Labute approximate surface area is 166 Å². The minimum atomic E-state index is -1.82. The molecule has 0 saturated carbocycles. The molecule has 1 aliphatic heterocycles. The van der Waals surface area contributed by atoms with Crippen LogP contribution in [-0.4, -0.2) is 83.2 Å². The summed E-state index contributed by atoms with van der Waals surface area (Å²) in [5, 5.41) is 24.9. The number of aliphatic hydroxyl groups excluding tert-OH is 1. The van der Waals surface area contributed by atoms with Crippen LogP contribution < -0.4 is 4.90 Å². The number of benzene rings is 1. The van der Waals surface area contributed by atoms with Gasteiger partial charge in [-0.15, -0.1) is 0 Å². The third-order valence-electron chi connectivity index (χ3n) is 4.13. The molecule has 1 fully saturated rings. The van der Waals surface area contributed by atoms with Gasteiger partial charge in [0, 0.05) is 38.4 Å². The second-order valence-corrected chi connectivity index (χ2v) is 7.81. The van der Waals surface area contributed by atoms with E-state index in [1.54, 1.807) is 0 Å². The molecule has 0 spiro atoms. The highest BCUT2D eigenvalue weighted by molar-refractivity contribution is 6.27. The van der Waals surface area contributed by atoms with Gasteiger partial charge in [0.05, 0.1) is 18.3 Å². The molecule has 28 heavy (non-hydrogen) atoms. The van der Waals surface area contributed by atoms with Crippen LogP contribution in [0.1, 0.15) is 26.3 Å². The fourth-order valence-corrected chi connectivity index (χ4v) is 2.64. The number of rotatable bonds is 5. The molecular weight excluding hydrogens is 364 g/mol. The average Bonchev–Trinajstić information content (AvgIpc) is 2.61. The molecule has 1 atom stereocenters. The Kier molecular flexibility index (Phi) is 9.37. The lowest BCUT2D eigenvalue weighted by Crippen LogP contribution is -2.49. The predicted molar refractivity (Wildman–Crippen MR) is 107 cm³/mol. The number of aliphatic carboxylic acids is 2. The highest BCUT2D eigenvalue weighted by atomic mass is 16.5. The summed E-state index contributed by atoms with van der Waals surface area (Å²) in [6.07, 6.45) is -0.412. The summed E-state index contributed by atoms with van der Waals surface area (Å²) in [6, 6.07) is 8.71. The molecule has 1 aromatic carbocycles. The normalized spacial score (nSPS) is 16.1. The third-order valence-corrected chi connectivity index (χ3v) is 4.13. The number of carboxylic acids is 2. The predicted octanol–water partition coefficient (Wildman–Crippen LogP) is 1.45. The van der Waals surface area contributed by atoms with Crippen LogP contribution in [0.15, 0.2) is 24.3 Å². The van der Waals surface area contributed by atoms with E-state index in [1.807, 2.05) is 20.8 Å². The number of aliphatic hydroxyl groups is 1. The van der Waals surface area contributed by atoms with E-state index < -0.39 is 18.0 Å². The molecule has 1 unspecified atom stereocenters. The van der Waals surface area contributed by atoms with Gasteiger partial charge in [0.25, 0.3) is 0 Å². The summed E-state index contributed by atoms with van der Waals surface area (Å²) in [5.41, 5.74) is 2.40. The van der Waals surface area contributed by atoms with Crippen LogP contribution in [0, 0.1) is 6.92 Å². The number of anilines is 1. The first-order valence-electron chi connectivity index (χ1n) is 9.30. The average molecular weight is 396 g/mol. The van der Waals surface area contributed by atoms with Gasteiger partial charge < -0.3 is 25.0 Å². The summed E-state index contributed by atoms with van der Waals surface area (Å²) in [7, 11) is 0. The van der Waals surface area contributed by atoms with Crippen LogP contribution in [0.5, 0.6) is 0 Å². The number of hydrogen-bond donors (Lipinski definition) is 3. The fraction of sp³-hybridized carbons (Fsp3) is 0.600. The number of hydrogen-bond acceptors (Lipinski definition) is 6. The zero-order chi connectivity index (χ0) is 21.3. The van der Waals surface area contributed by atoms with Crippen molar-refractivity contribution in [1.82, 2.24) is 4.90 Å². The lowest BCUT2D eigenvalue weighted by Gasteiger charge is -2.37. The number of ether oxygens (including phenoxy) is 1. The first kappa shape index (κ1) is 23.9. The van der Waals surface area contributed by atoms with E-state index in [2.05, 4.69) is 41.0 Å². The molecule has 0 bridgehead atoms. The second-order valence-electron chi connectivity index (χ2n) is 7.81. The Morgan fingerprint density at radius 2 is 1.54 bits per heavy atom. The van der Waals surface area contributed by atoms with E-state index in [-0.39, 0.29) is 5.60 Å². The zero-order valence-electron chi connectivity index (χ0n) is 17.1. The second kappa shape index (κ2) is 11.0. The molecule has 0 aliphatic carbocycles. The molecule has 158 valence electrons. The van der Waals surface area contributed by atoms with Crippen LogP contribution in [0.3, 0.4) is 0 Å².